The zero-order chi connectivity index (χ0) is 14.4. The van der Waals surface area contributed by atoms with E-state index in [0.717, 1.165) is 5.56 Å². The van der Waals surface area contributed by atoms with Crippen LogP contribution in [0.25, 0.3) is 0 Å². The highest BCUT2D eigenvalue weighted by molar-refractivity contribution is 5.66. The zero-order valence-electron chi connectivity index (χ0n) is 10.9. The van der Waals surface area contributed by atoms with E-state index in [1.165, 1.54) is 12.1 Å². The van der Waals surface area contributed by atoms with E-state index in [2.05, 4.69) is 10.1 Å². The van der Waals surface area contributed by atoms with Crippen LogP contribution in [0.15, 0.2) is 28.8 Å². The first-order chi connectivity index (χ1) is 9.63. The van der Waals surface area contributed by atoms with Gasteiger partial charge in [-0.25, -0.2) is 4.39 Å². The molecule has 0 radical (unpaired) electrons. The minimum Gasteiger partial charge on any atom is -0.481 e. The average Bonchev–Trinajstić information content (AvgIpc) is 2.85. The zero-order valence-corrected chi connectivity index (χ0v) is 10.9. The third-order valence-corrected chi connectivity index (χ3v) is 2.82. The van der Waals surface area contributed by atoms with Crippen LogP contribution in [0, 0.1) is 5.82 Å². The molecule has 0 aliphatic carbocycles. The van der Waals surface area contributed by atoms with Crippen LogP contribution >= 0.6 is 0 Å². The number of hydrogen-bond donors (Lipinski definition) is 1. The van der Waals surface area contributed by atoms with Crippen LogP contribution in [-0.2, 0) is 17.6 Å². The number of benzene rings is 1. The van der Waals surface area contributed by atoms with Gasteiger partial charge < -0.3 is 9.63 Å². The number of halogens is 1. The van der Waals surface area contributed by atoms with E-state index in [0.29, 0.717) is 37.4 Å². The predicted octanol–water partition coefficient (Wildman–Crippen LogP) is 2.60. The van der Waals surface area contributed by atoms with Gasteiger partial charge in [0.05, 0.1) is 0 Å². The van der Waals surface area contributed by atoms with E-state index in [9.17, 15) is 9.18 Å². The van der Waals surface area contributed by atoms with Crippen molar-refractivity contribution in [3.8, 4) is 0 Å². The lowest BCUT2D eigenvalue weighted by atomic mass is 10.1. The number of hydrogen-bond acceptors (Lipinski definition) is 4. The van der Waals surface area contributed by atoms with Crippen molar-refractivity contribution in [2.75, 3.05) is 0 Å². The standard InChI is InChI=1S/C14H15FN2O3/c15-11-7-5-10(6-8-11)9-12-16-13(20-17-12)3-1-2-4-14(18)19/h5-8H,1-4,9H2,(H,18,19). The molecule has 6 heteroatoms. The molecule has 0 spiro atoms. The molecule has 0 bridgehead atoms. The molecule has 1 heterocycles. The van der Waals surface area contributed by atoms with E-state index in [4.69, 9.17) is 9.63 Å². The summed E-state index contributed by atoms with van der Waals surface area (Å²) in [5.41, 5.74) is 0.907. The van der Waals surface area contributed by atoms with Crippen molar-refractivity contribution in [3.05, 3.63) is 47.4 Å². The Labute approximate surface area is 115 Å². The van der Waals surface area contributed by atoms with E-state index in [1.54, 1.807) is 12.1 Å². The lowest BCUT2D eigenvalue weighted by Gasteiger charge is -1.95. The van der Waals surface area contributed by atoms with Crippen molar-refractivity contribution in [1.29, 1.82) is 0 Å². The largest absolute Gasteiger partial charge is 0.481 e. The maximum Gasteiger partial charge on any atom is 0.303 e. The first-order valence-corrected chi connectivity index (χ1v) is 6.41. The number of nitrogens with zero attached hydrogens (tertiary/aromatic N) is 2. The maximum absolute atomic E-state index is 12.8. The Bertz CT molecular complexity index is 566. The van der Waals surface area contributed by atoms with Crippen molar-refractivity contribution < 1.29 is 18.8 Å². The molecule has 1 N–H and O–H groups in total. The van der Waals surface area contributed by atoms with Crippen molar-refractivity contribution in [2.24, 2.45) is 0 Å². The normalized spacial score (nSPS) is 10.7. The van der Waals surface area contributed by atoms with Gasteiger partial charge in [-0.1, -0.05) is 17.3 Å². The lowest BCUT2D eigenvalue weighted by Crippen LogP contribution is -1.95. The number of aryl methyl sites for hydroxylation is 1. The fraction of sp³-hybridized carbons (Fsp3) is 0.357. The molecule has 0 atom stereocenters. The number of aliphatic carboxylic acids is 1. The second-order valence-corrected chi connectivity index (χ2v) is 4.51. The molecule has 0 aliphatic rings. The first-order valence-electron chi connectivity index (χ1n) is 6.41. The molecular formula is C14H15FN2O3. The number of aromatic nitrogens is 2. The first kappa shape index (κ1) is 14.2. The number of unbranched alkanes of at least 4 members (excludes halogenated alkanes) is 1. The average molecular weight is 278 g/mol. The Morgan fingerprint density at radius 3 is 2.70 bits per heavy atom. The van der Waals surface area contributed by atoms with Gasteiger partial charge in [0.25, 0.3) is 0 Å². The minimum atomic E-state index is -0.799. The van der Waals surface area contributed by atoms with Crippen molar-refractivity contribution in [3.63, 3.8) is 0 Å². The second-order valence-electron chi connectivity index (χ2n) is 4.51. The predicted molar refractivity (Wildman–Crippen MR) is 68.7 cm³/mol. The molecule has 0 amide bonds. The van der Waals surface area contributed by atoms with Crippen LogP contribution in [0.4, 0.5) is 4.39 Å². The third-order valence-electron chi connectivity index (χ3n) is 2.82. The summed E-state index contributed by atoms with van der Waals surface area (Å²) >= 11 is 0. The van der Waals surface area contributed by atoms with Gasteiger partial charge in [0, 0.05) is 19.3 Å². The monoisotopic (exact) mass is 278 g/mol. The summed E-state index contributed by atoms with van der Waals surface area (Å²) in [7, 11) is 0. The molecule has 1 aromatic heterocycles. The molecule has 0 saturated carbocycles. The number of rotatable bonds is 7. The van der Waals surface area contributed by atoms with Gasteiger partial charge >= 0.3 is 5.97 Å². The SMILES string of the molecule is O=C(O)CCCCc1nc(Cc2ccc(F)cc2)no1. The fourth-order valence-corrected chi connectivity index (χ4v) is 1.80. The summed E-state index contributed by atoms with van der Waals surface area (Å²) in [5, 5.41) is 12.4. The Balaban J connectivity index is 1.82. The molecule has 0 fully saturated rings. The van der Waals surface area contributed by atoms with Gasteiger partial charge in [0.15, 0.2) is 5.82 Å². The molecular weight excluding hydrogens is 263 g/mol. The minimum absolute atomic E-state index is 0.149. The molecule has 0 saturated heterocycles. The topological polar surface area (TPSA) is 76.2 Å². The quantitative estimate of drug-likeness (QED) is 0.788. The Morgan fingerprint density at radius 1 is 1.25 bits per heavy atom. The van der Waals surface area contributed by atoms with Crippen LogP contribution < -0.4 is 0 Å². The molecule has 5 nitrogen and oxygen atoms in total. The Hall–Kier alpha value is -2.24. The lowest BCUT2D eigenvalue weighted by molar-refractivity contribution is -0.137. The third kappa shape index (κ3) is 4.46. The van der Waals surface area contributed by atoms with Gasteiger partial charge in [-0.15, -0.1) is 0 Å². The summed E-state index contributed by atoms with van der Waals surface area (Å²) in [6, 6.07) is 6.14. The van der Waals surface area contributed by atoms with Crippen LogP contribution in [0.5, 0.6) is 0 Å². The highest BCUT2D eigenvalue weighted by Gasteiger charge is 2.07. The molecule has 106 valence electrons. The smallest absolute Gasteiger partial charge is 0.303 e. The summed E-state index contributed by atoms with van der Waals surface area (Å²) < 4.78 is 17.9. The summed E-state index contributed by atoms with van der Waals surface area (Å²) in [4.78, 5) is 14.6. The number of carbonyl (C=O) groups is 1. The van der Waals surface area contributed by atoms with Gasteiger partial charge in [0.1, 0.15) is 5.82 Å². The van der Waals surface area contributed by atoms with Gasteiger partial charge in [0.2, 0.25) is 5.89 Å². The molecule has 2 aromatic rings. The van der Waals surface area contributed by atoms with E-state index >= 15 is 0 Å². The molecule has 0 aliphatic heterocycles. The fourth-order valence-electron chi connectivity index (χ4n) is 1.80. The molecule has 20 heavy (non-hydrogen) atoms. The van der Waals surface area contributed by atoms with Crippen molar-refractivity contribution >= 4 is 5.97 Å². The molecule has 2 rings (SSSR count). The van der Waals surface area contributed by atoms with Crippen LogP contribution in [0.2, 0.25) is 0 Å². The van der Waals surface area contributed by atoms with Crippen molar-refractivity contribution in [1.82, 2.24) is 10.1 Å². The second kappa shape index (κ2) is 6.79. The van der Waals surface area contributed by atoms with E-state index in [1.807, 2.05) is 0 Å². The molecule has 0 unspecified atom stereocenters. The van der Waals surface area contributed by atoms with E-state index < -0.39 is 5.97 Å². The van der Waals surface area contributed by atoms with E-state index in [-0.39, 0.29) is 12.2 Å². The highest BCUT2D eigenvalue weighted by atomic mass is 19.1. The van der Waals surface area contributed by atoms with Crippen LogP contribution in [0.1, 0.15) is 36.5 Å². The Kier molecular flexibility index (Phi) is 4.81. The maximum atomic E-state index is 12.8. The summed E-state index contributed by atoms with van der Waals surface area (Å²) in [6.07, 6.45) is 2.49. The van der Waals surface area contributed by atoms with Gasteiger partial charge in [-0.05, 0) is 30.5 Å². The molecule has 1 aromatic carbocycles. The number of carboxylic acids is 1. The Morgan fingerprint density at radius 2 is 2.00 bits per heavy atom. The summed E-state index contributed by atoms with van der Waals surface area (Å²) in [6.45, 7) is 0. The van der Waals surface area contributed by atoms with Gasteiger partial charge in [-0.2, -0.15) is 4.98 Å². The summed E-state index contributed by atoms with van der Waals surface area (Å²) in [5.74, 6) is -0.0224. The van der Waals surface area contributed by atoms with Gasteiger partial charge in [-0.3, -0.25) is 4.79 Å². The number of carboxylic acid groups (broad SMARTS) is 1. The van der Waals surface area contributed by atoms with Crippen LogP contribution in [0.3, 0.4) is 0 Å². The van der Waals surface area contributed by atoms with Crippen LogP contribution in [-0.4, -0.2) is 21.2 Å². The highest BCUT2D eigenvalue weighted by Crippen LogP contribution is 2.10. The van der Waals surface area contributed by atoms with Crippen molar-refractivity contribution in [2.45, 2.75) is 32.1 Å².